The highest BCUT2D eigenvalue weighted by Gasteiger charge is 2.16. The zero-order valence-corrected chi connectivity index (χ0v) is 9.72. The average Bonchev–Trinajstić information content (AvgIpc) is 2.67. The van der Waals surface area contributed by atoms with Crippen molar-refractivity contribution in [2.24, 2.45) is 0 Å². The second-order valence-electron chi connectivity index (χ2n) is 4.54. The summed E-state index contributed by atoms with van der Waals surface area (Å²) in [7, 11) is 0. The highest BCUT2D eigenvalue weighted by atomic mass is 16.6. The maximum absolute atomic E-state index is 5.85. The number of hydrogen-bond donors (Lipinski definition) is 1. The lowest BCUT2D eigenvalue weighted by Crippen LogP contribution is -2.24. The van der Waals surface area contributed by atoms with E-state index in [1.165, 1.54) is 25.7 Å². The highest BCUT2D eigenvalue weighted by molar-refractivity contribution is 5.95. The standard InChI is InChI=1S/C12H16N4O/c13-9-5-6-10(12-11(9)14-17-15-12)16-7-3-1-2-4-8-16/h5-6H,1-4,7-8,13H2. The van der Waals surface area contributed by atoms with E-state index in [0.29, 0.717) is 11.2 Å². The molecule has 1 aromatic heterocycles. The van der Waals surface area contributed by atoms with Crippen LogP contribution in [0.2, 0.25) is 0 Å². The maximum Gasteiger partial charge on any atom is 0.160 e. The molecule has 5 heteroatoms. The Kier molecular flexibility index (Phi) is 2.59. The molecule has 5 nitrogen and oxygen atoms in total. The third-order valence-corrected chi connectivity index (χ3v) is 3.37. The Balaban J connectivity index is 2.04. The molecule has 0 radical (unpaired) electrons. The predicted molar refractivity (Wildman–Crippen MR) is 66.9 cm³/mol. The average molecular weight is 232 g/mol. The summed E-state index contributed by atoms with van der Waals surface area (Å²) in [5, 5.41) is 7.84. The third kappa shape index (κ3) is 1.81. The Morgan fingerprint density at radius 1 is 1.00 bits per heavy atom. The van der Waals surface area contributed by atoms with Crippen LogP contribution in [0.25, 0.3) is 11.0 Å². The number of hydrogen-bond acceptors (Lipinski definition) is 5. The van der Waals surface area contributed by atoms with E-state index in [1.54, 1.807) is 0 Å². The maximum atomic E-state index is 5.85. The molecular weight excluding hydrogens is 216 g/mol. The van der Waals surface area contributed by atoms with Crippen LogP contribution >= 0.6 is 0 Å². The summed E-state index contributed by atoms with van der Waals surface area (Å²) in [5.41, 5.74) is 9.03. The topological polar surface area (TPSA) is 68.2 Å². The zero-order chi connectivity index (χ0) is 11.7. The lowest BCUT2D eigenvalue weighted by molar-refractivity contribution is 0.315. The van der Waals surface area contributed by atoms with Gasteiger partial charge in [0.2, 0.25) is 0 Å². The van der Waals surface area contributed by atoms with Crippen molar-refractivity contribution in [1.82, 2.24) is 10.3 Å². The molecular formula is C12H16N4O. The molecule has 0 aliphatic carbocycles. The molecule has 0 spiro atoms. The summed E-state index contributed by atoms with van der Waals surface area (Å²) in [6.07, 6.45) is 5.09. The van der Waals surface area contributed by atoms with Gasteiger partial charge in [0.1, 0.15) is 0 Å². The Morgan fingerprint density at radius 3 is 2.47 bits per heavy atom. The SMILES string of the molecule is Nc1ccc(N2CCCCCC2)c2nonc12. The summed E-state index contributed by atoms with van der Waals surface area (Å²) in [6, 6.07) is 3.90. The van der Waals surface area contributed by atoms with E-state index in [4.69, 9.17) is 10.4 Å². The van der Waals surface area contributed by atoms with Crippen LogP contribution in [0.5, 0.6) is 0 Å². The molecule has 1 aliphatic rings. The molecule has 0 unspecified atom stereocenters. The van der Waals surface area contributed by atoms with E-state index in [1.807, 2.05) is 12.1 Å². The van der Waals surface area contributed by atoms with Crippen molar-refractivity contribution in [3.8, 4) is 0 Å². The molecule has 1 saturated heterocycles. The monoisotopic (exact) mass is 232 g/mol. The number of nitrogen functional groups attached to an aromatic ring is 1. The molecule has 0 atom stereocenters. The van der Waals surface area contributed by atoms with Gasteiger partial charge in [0.05, 0.1) is 11.4 Å². The van der Waals surface area contributed by atoms with Crippen LogP contribution in [0, 0.1) is 0 Å². The number of benzene rings is 1. The first-order valence-corrected chi connectivity index (χ1v) is 6.12. The third-order valence-electron chi connectivity index (χ3n) is 3.37. The number of rotatable bonds is 1. The van der Waals surface area contributed by atoms with Gasteiger partial charge in [-0.2, -0.15) is 0 Å². The van der Waals surface area contributed by atoms with Gasteiger partial charge in [0.25, 0.3) is 0 Å². The van der Waals surface area contributed by atoms with Crippen molar-refractivity contribution >= 4 is 22.4 Å². The molecule has 0 bridgehead atoms. The van der Waals surface area contributed by atoms with Gasteiger partial charge in [-0.15, -0.1) is 0 Å². The van der Waals surface area contributed by atoms with Gasteiger partial charge in [-0.3, -0.25) is 0 Å². The van der Waals surface area contributed by atoms with E-state index in [2.05, 4.69) is 15.2 Å². The van der Waals surface area contributed by atoms with Crippen LogP contribution in [0.15, 0.2) is 16.8 Å². The number of fused-ring (bicyclic) bond motifs is 1. The normalized spacial score (nSPS) is 17.3. The van der Waals surface area contributed by atoms with Gasteiger partial charge >= 0.3 is 0 Å². The Hall–Kier alpha value is -1.78. The molecule has 3 rings (SSSR count). The molecule has 0 saturated carbocycles. The Labute approximate surface area is 99.5 Å². The van der Waals surface area contributed by atoms with E-state index < -0.39 is 0 Å². The Morgan fingerprint density at radius 2 is 1.71 bits per heavy atom. The molecule has 2 N–H and O–H groups in total. The molecule has 1 fully saturated rings. The van der Waals surface area contributed by atoms with Crippen LogP contribution in [0.3, 0.4) is 0 Å². The van der Waals surface area contributed by atoms with Gasteiger partial charge in [-0.25, -0.2) is 4.63 Å². The minimum absolute atomic E-state index is 0.625. The fraction of sp³-hybridized carbons (Fsp3) is 0.500. The zero-order valence-electron chi connectivity index (χ0n) is 9.72. The van der Waals surface area contributed by atoms with Crippen LogP contribution in [0.1, 0.15) is 25.7 Å². The van der Waals surface area contributed by atoms with Crippen molar-refractivity contribution in [2.75, 3.05) is 23.7 Å². The summed E-state index contributed by atoms with van der Waals surface area (Å²) in [4.78, 5) is 2.36. The van der Waals surface area contributed by atoms with E-state index in [-0.39, 0.29) is 0 Å². The van der Waals surface area contributed by atoms with Gasteiger partial charge < -0.3 is 10.6 Å². The van der Waals surface area contributed by atoms with Gasteiger partial charge in [-0.1, -0.05) is 12.8 Å². The minimum atomic E-state index is 0.625. The number of aromatic nitrogens is 2. The van der Waals surface area contributed by atoms with Crippen LogP contribution < -0.4 is 10.6 Å². The van der Waals surface area contributed by atoms with Crippen molar-refractivity contribution in [1.29, 1.82) is 0 Å². The van der Waals surface area contributed by atoms with Crippen molar-refractivity contribution in [3.63, 3.8) is 0 Å². The number of nitrogens with two attached hydrogens (primary N) is 1. The molecule has 1 aromatic carbocycles. The van der Waals surface area contributed by atoms with E-state index in [0.717, 1.165) is 24.3 Å². The fourth-order valence-electron chi connectivity index (χ4n) is 2.44. The number of anilines is 2. The summed E-state index contributed by atoms with van der Waals surface area (Å²) >= 11 is 0. The summed E-state index contributed by atoms with van der Waals surface area (Å²) in [5.74, 6) is 0. The van der Waals surface area contributed by atoms with E-state index >= 15 is 0 Å². The van der Waals surface area contributed by atoms with Gasteiger partial charge in [0, 0.05) is 13.1 Å². The summed E-state index contributed by atoms with van der Waals surface area (Å²) < 4.78 is 4.80. The first-order chi connectivity index (χ1) is 8.36. The molecule has 2 aromatic rings. The van der Waals surface area contributed by atoms with Crippen molar-refractivity contribution in [2.45, 2.75) is 25.7 Å². The van der Waals surface area contributed by atoms with E-state index in [9.17, 15) is 0 Å². The lowest BCUT2D eigenvalue weighted by atomic mass is 10.2. The quantitative estimate of drug-likeness (QED) is 0.763. The Bertz CT molecular complexity index is 514. The molecule has 2 heterocycles. The summed E-state index contributed by atoms with van der Waals surface area (Å²) in [6.45, 7) is 2.15. The van der Waals surface area contributed by atoms with Crippen molar-refractivity contribution < 1.29 is 4.63 Å². The van der Waals surface area contributed by atoms with Gasteiger partial charge in [0.15, 0.2) is 11.0 Å². The molecule has 0 amide bonds. The second kappa shape index (κ2) is 4.24. The molecule has 90 valence electrons. The smallest absolute Gasteiger partial charge is 0.160 e. The highest BCUT2D eigenvalue weighted by Crippen LogP contribution is 2.29. The van der Waals surface area contributed by atoms with Crippen LogP contribution in [-0.4, -0.2) is 23.4 Å². The van der Waals surface area contributed by atoms with Crippen LogP contribution in [-0.2, 0) is 0 Å². The first-order valence-electron chi connectivity index (χ1n) is 6.12. The number of nitrogens with zero attached hydrogens (tertiary/aromatic N) is 3. The largest absolute Gasteiger partial charge is 0.397 e. The lowest BCUT2D eigenvalue weighted by Gasteiger charge is -2.22. The fourth-order valence-corrected chi connectivity index (χ4v) is 2.44. The molecule has 1 aliphatic heterocycles. The van der Waals surface area contributed by atoms with Crippen LogP contribution in [0.4, 0.5) is 11.4 Å². The minimum Gasteiger partial charge on any atom is -0.397 e. The van der Waals surface area contributed by atoms with Gasteiger partial charge in [-0.05, 0) is 35.3 Å². The second-order valence-corrected chi connectivity index (χ2v) is 4.54. The first kappa shape index (κ1) is 10.4. The van der Waals surface area contributed by atoms with Crippen molar-refractivity contribution in [3.05, 3.63) is 12.1 Å². The molecule has 17 heavy (non-hydrogen) atoms. The predicted octanol–water partition coefficient (Wildman–Crippen LogP) is 2.19.